The fourth-order valence-corrected chi connectivity index (χ4v) is 3.49. The van der Waals surface area contributed by atoms with Gasteiger partial charge in [-0.3, -0.25) is 4.79 Å². The summed E-state index contributed by atoms with van der Waals surface area (Å²) < 4.78 is 0. The molecule has 5 nitrogen and oxygen atoms in total. The number of rotatable bonds is 5. The predicted octanol–water partition coefficient (Wildman–Crippen LogP) is 3.79. The molecule has 150 valence electrons. The van der Waals surface area contributed by atoms with Gasteiger partial charge >= 0.3 is 0 Å². The molecule has 28 heavy (non-hydrogen) atoms. The molecule has 2 aromatic rings. The van der Waals surface area contributed by atoms with Crippen LogP contribution in [0.3, 0.4) is 0 Å². The summed E-state index contributed by atoms with van der Waals surface area (Å²) in [4.78, 5) is 17.1. The van der Waals surface area contributed by atoms with Crippen molar-refractivity contribution >= 4 is 23.0 Å². The van der Waals surface area contributed by atoms with Gasteiger partial charge in [0.15, 0.2) is 0 Å². The van der Waals surface area contributed by atoms with Crippen LogP contribution in [0.2, 0.25) is 0 Å². The molecule has 1 amide bonds. The molecule has 0 aliphatic carbocycles. The third-order valence-electron chi connectivity index (χ3n) is 5.19. The van der Waals surface area contributed by atoms with Crippen molar-refractivity contribution in [2.24, 2.45) is 0 Å². The lowest BCUT2D eigenvalue weighted by molar-refractivity contribution is -0.114. The molecule has 2 aromatic carbocycles. The van der Waals surface area contributed by atoms with E-state index in [0.717, 1.165) is 37.6 Å². The molecule has 3 rings (SSSR count). The van der Waals surface area contributed by atoms with Crippen molar-refractivity contribution in [3.8, 4) is 0 Å². The van der Waals surface area contributed by atoms with Gasteiger partial charge in [0.05, 0.1) is 6.54 Å². The summed E-state index contributed by atoms with van der Waals surface area (Å²) in [5, 5.41) is 6.26. The van der Waals surface area contributed by atoms with E-state index in [2.05, 4.69) is 66.5 Å². The number of piperazine rings is 1. The standard InChI is InChI=1S/C23H32N4O/c1-23(2,3)20-7-5-6-8-21(20)24-17-22(28)25-18-9-11-19(12-10-18)27-15-13-26(4)14-16-27/h5-12,24H,13-17H2,1-4H3,(H,25,28). The molecule has 0 atom stereocenters. The summed E-state index contributed by atoms with van der Waals surface area (Å²) in [6.45, 7) is 11.0. The number of nitrogens with zero attached hydrogens (tertiary/aromatic N) is 2. The number of anilines is 3. The minimum absolute atomic E-state index is 0.0269. The molecule has 1 saturated heterocycles. The van der Waals surface area contributed by atoms with E-state index >= 15 is 0 Å². The Bertz CT molecular complexity index is 787. The first-order chi connectivity index (χ1) is 13.3. The highest BCUT2D eigenvalue weighted by Gasteiger charge is 2.18. The van der Waals surface area contributed by atoms with Crippen LogP contribution in [0.5, 0.6) is 0 Å². The van der Waals surface area contributed by atoms with E-state index in [1.807, 2.05) is 30.3 Å². The van der Waals surface area contributed by atoms with E-state index in [0.29, 0.717) is 0 Å². The Labute approximate surface area is 168 Å². The molecular formula is C23H32N4O. The molecule has 1 aliphatic rings. The molecule has 2 N–H and O–H groups in total. The topological polar surface area (TPSA) is 47.6 Å². The Morgan fingerprint density at radius 2 is 1.61 bits per heavy atom. The molecule has 5 heteroatoms. The van der Waals surface area contributed by atoms with Crippen molar-refractivity contribution in [1.29, 1.82) is 0 Å². The monoisotopic (exact) mass is 380 g/mol. The fraction of sp³-hybridized carbons (Fsp3) is 0.435. The van der Waals surface area contributed by atoms with E-state index in [4.69, 9.17) is 0 Å². The van der Waals surface area contributed by atoms with Crippen LogP contribution in [0.25, 0.3) is 0 Å². The third-order valence-corrected chi connectivity index (χ3v) is 5.19. The number of carbonyl (C=O) groups excluding carboxylic acids is 1. The van der Waals surface area contributed by atoms with E-state index in [-0.39, 0.29) is 17.9 Å². The van der Waals surface area contributed by atoms with Gasteiger partial charge in [0.25, 0.3) is 0 Å². The van der Waals surface area contributed by atoms with Gasteiger partial charge in [-0.25, -0.2) is 0 Å². The van der Waals surface area contributed by atoms with Crippen molar-refractivity contribution in [2.45, 2.75) is 26.2 Å². The molecule has 0 radical (unpaired) electrons. The van der Waals surface area contributed by atoms with Crippen molar-refractivity contribution in [3.05, 3.63) is 54.1 Å². The second kappa shape index (κ2) is 8.65. The first-order valence-electron chi connectivity index (χ1n) is 10.00. The van der Waals surface area contributed by atoms with Gasteiger partial charge in [-0.05, 0) is 48.4 Å². The van der Waals surface area contributed by atoms with Crippen molar-refractivity contribution < 1.29 is 4.79 Å². The summed E-state index contributed by atoms with van der Waals surface area (Å²) in [5.74, 6) is -0.0453. The second-order valence-corrected chi connectivity index (χ2v) is 8.53. The molecule has 0 unspecified atom stereocenters. The van der Waals surface area contributed by atoms with Gasteiger partial charge < -0.3 is 20.4 Å². The van der Waals surface area contributed by atoms with Crippen LogP contribution in [0.1, 0.15) is 26.3 Å². The number of nitrogens with one attached hydrogen (secondary N) is 2. The minimum Gasteiger partial charge on any atom is -0.376 e. The molecule has 1 aliphatic heterocycles. The van der Waals surface area contributed by atoms with E-state index in [1.165, 1.54) is 11.3 Å². The van der Waals surface area contributed by atoms with Crippen LogP contribution in [0.15, 0.2) is 48.5 Å². The lowest BCUT2D eigenvalue weighted by Crippen LogP contribution is -2.44. The van der Waals surface area contributed by atoms with E-state index in [9.17, 15) is 4.79 Å². The second-order valence-electron chi connectivity index (χ2n) is 8.53. The molecular weight excluding hydrogens is 348 g/mol. The summed E-state index contributed by atoms with van der Waals surface area (Å²) in [7, 11) is 2.16. The average molecular weight is 381 g/mol. The summed E-state index contributed by atoms with van der Waals surface area (Å²) in [6, 6.07) is 16.3. The van der Waals surface area contributed by atoms with E-state index < -0.39 is 0 Å². The third kappa shape index (κ3) is 5.26. The SMILES string of the molecule is CN1CCN(c2ccc(NC(=O)CNc3ccccc3C(C)(C)C)cc2)CC1. The largest absolute Gasteiger partial charge is 0.376 e. The highest BCUT2D eigenvalue weighted by atomic mass is 16.1. The highest BCUT2D eigenvalue weighted by molar-refractivity contribution is 5.94. The van der Waals surface area contributed by atoms with Crippen LogP contribution >= 0.6 is 0 Å². The molecule has 1 fully saturated rings. The quantitative estimate of drug-likeness (QED) is 0.829. The zero-order chi connectivity index (χ0) is 20.1. The Balaban J connectivity index is 1.54. The average Bonchev–Trinajstić information content (AvgIpc) is 2.67. The smallest absolute Gasteiger partial charge is 0.243 e. The number of likely N-dealkylation sites (N-methyl/N-ethyl adjacent to an activating group) is 1. The molecule has 0 saturated carbocycles. The maximum absolute atomic E-state index is 12.4. The zero-order valence-electron chi connectivity index (χ0n) is 17.5. The number of benzene rings is 2. The van der Waals surface area contributed by atoms with Gasteiger partial charge in [-0.1, -0.05) is 39.0 Å². The van der Waals surface area contributed by atoms with Gasteiger partial charge in [0, 0.05) is 43.2 Å². The summed E-state index contributed by atoms with van der Waals surface area (Å²) in [5.41, 5.74) is 4.28. The number of para-hydroxylation sites is 1. The Morgan fingerprint density at radius 1 is 0.964 bits per heavy atom. The van der Waals surface area contributed by atoms with Crippen LogP contribution in [0.4, 0.5) is 17.1 Å². The highest BCUT2D eigenvalue weighted by Crippen LogP contribution is 2.29. The lowest BCUT2D eigenvalue weighted by atomic mass is 9.86. The molecule has 0 spiro atoms. The molecule has 1 heterocycles. The normalized spacial score (nSPS) is 15.4. The maximum atomic E-state index is 12.4. The van der Waals surface area contributed by atoms with Gasteiger partial charge in [0.2, 0.25) is 5.91 Å². The lowest BCUT2D eigenvalue weighted by Gasteiger charge is -2.34. The van der Waals surface area contributed by atoms with Crippen LogP contribution in [-0.2, 0) is 10.2 Å². The number of carbonyl (C=O) groups is 1. The van der Waals surface area contributed by atoms with Crippen molar-refractivity contribution in [2.75, 3.05) is 55.3 Å². The summed E-state index contributed by atoms with van der Waals surface area (Å²) in [6.07, 6.45) is 0. The number of amides is 1. The van der Waals surface area contributed by atoms with Crippen molar-refractivity contribution in [3.63, 3.8) is 0 Å². The zero-order valence-corrected chi connectivity index (χ0v) is 17.5. The number of hydrogen-bond donors (Lipinski definition) is 2. The van der Waals surface area contributed by atoms with Crippen molar-refractivity contribution in [1.82, 2.24) is 4.90 Å². The number of hydrogen-bond acceptors (Lipinski definition) is 4. The molecule has 0 bridgehead atoms. The van der Waals surface area contributed by atoms with Crippen LogP contribution in [-0.4, -0.2) is 50.6 Å². The Morgan fingerprint density at radius 3 is 2.25 bits per heavy atom. The fourth-order valence-electron chi connectivity index (χ4n) is 3.49. The van der Waals surface area contributed by atoms with Crippen LogP contribution < -0.4 is 15.5 Å². The maximum Gasteiger partial charge on any atom is 0.243 e. The van der Waals surface area contributed by atoms with E-state index in [1.54, 1.807) is 0 Å². The van der Waals surface area contributed by atoms with Gasteiger partial charge in [0.1, 0.15) is 0 Å². The Kier molecular flexibility index (Phi) is 6.25. The van der Waals surface area contributed by atoms with Crippen LogP contribution in [0, 0.1) is 0 Å². The first-order valence-corrected chi connectivity index (χ1v) is 10.00. The first kappa shape index (κ1) is 20.2. The van der Waals surface area contributed by atoms with Gasteiger partial charge in [-0.2, -0.15) is 0 Å². The predicted molar refractivity (Wildman–Crippen MR) is 118 cm³/mol. The Hall–Kier alpha value is -2.53. The van der Waals surface area contributed by atoms with Gasteiger partial charge in [-0.15, -0.1) is 0 Å². The molecule has 0 aromatic heterocycles. The minimum atomic E-state index is -0.0453. The summed E-state index contributed by atoms with van der Waals surface area (Å²) >= 11 is 0.